The Morgan fingerprint density at radius 3 is 2.31 bits per heavy atom. The average molecular weight is 218 g/mol. The molecule has 0 radical (unpaired) electrons. The third kappa shape index (κ3) is 2.49. The van der Waals surface area contributed by atoms with Gasteiger partial charge in [-0.15, -0.1) is 0 Å². The Morgan fingerprint density at radius 1 is 1.12 bits per heavy atom. The standard InChI is InChI=1S/C14H22N2/c1-10-5-13(15)7-14(6-10)16-8-11(2)4-12(3)9-16/h5-7,11-12H,4,8-9,15H2,1-3H3. The zero-order valence-corrected chi connectivity index (χ0v) is 10.5. The minimum absolute atomic E-state index is 0.783. The average Bonchev–Trinajstić information content (AvgIpc) is 2.14. The molecule has 0 aliphatic carbocycles. The lowest BCUT2D eigenvalue weighted by Crippen LogP contribution is -2.38. The van der Waals surface area contributed by atoms with Crippen LogP contribution < -0.4 is 10.6 Å². The second-order valence-electron chi connectivity index (χ2n) is 5.45. The van der Waals surface area contributed by atoms with Gasteiger partial charge in [0.1, 0.15) is 0 Å². The van der Waals surface area contributed by atoms with Crippen LogP contribution in [0, 0.1) is 18.8 Å². The molecule has 0 bridgehead atoms. The van der Waals surface area contributed by atoms with Crippen molar-refractivity contribution in [1.82, 2.24) is 0 Å². The Bertz CT molecular complexity index is 343. The minimum atomic E-state index is 0.783. The zero-order chi connectivity index (χ0) is 11.7. The first-order valence-corrected chi connectivity index (χ1v) is 6.16. The molecule has 1 fully saturated rings. The van der Waals surface area contributed by atoms with E-state index in [1.54, 1.807) is 0 Å². The van der Waals surface area contributed by atoms with Crippen LogP contribution in [0.5, 0.6) is 0 Å². The molecule has 1 aliphatic rings. The van der Waals surface area contributed by atoms with E-state index in [0.717, 1.165) is 30.6 Å². The van der Waals surface area contributed by atoms with Crippen LogP contribution in [0.4, 0.5) is 11.4 Å². The SMILES string of the molecule is Cc1cc(N)cc(N2CC(C)CC(C)C2)c1. The van der Waals surface area contributed by atoms with Crippen LogP contribution in [0.25, 0.3) is 0 Å². The van der Waals surface area contributed by atoms with Gasteiger partial charge in [-0.3, -0.25) is 0 Å². The lowest BCUT2D eigenvalue weighted by Gasteiger charge is -2.36. The summed E-state index contributed by atoms with van der Waals surface area (Å²) in [6.07, 6.45) is 1.35. The molecule has 2 rings (SSSR count). The molecule has 2 nitrogen and oxygen atoms in total. The number of aryl methyl sites for hydroxylation is 1. The summed E-state index contributed by atoms with van der Waals surface area (Å²) in [5.41, 5.74) is 9.32. The van der Waals surface area contributed by atoms with E-state index in [0.29, 0.717) is 0 Å². The maximum atomic E-state index is 5.91. The monoisotopic (exact) mass is 218 g/mol. The number of nitrogen functional groups attached to an aromatic ring is 1. The minimum Gasteiger partial charge on any atom is -0.399 e. The van der Waals surface area contributed by atoms with Crippen molar-refractivity contribution in [1.29, 1.82) is 0 Å². The van der Waals surface area contributed by atoms with Gasteiger partial charge in [-0.2, -0.15) is 0 Å². The van der Waals surface area contributed by atoms with Crippen LogP contribution in [-0.4, -0.2) is 13.1 Å². The van der Waals surface area contributed by atoms with Crippen molar-refractivity contribution in [3.63, 3.8) is 0 Å². The van der Waals surface area contributed by atoms with Gasteiger partial charge in [-0.1, -0.05) is 13.8 Å². The normalized spacial score (nSPS) is 25.8. The Labute approximate surface area is 98.4 Å². The van der Waals surface area contributed by atoms with E-state index in [1.165, 1.54) is 17.7 Å². The molecule has 1 heterocycles. The van der Waals surface area contributed by atoms with E-state index in [9.17, 15) is 0 Å². The number of piperidine rings is 1. The van der Waals surface area contributed by atoms with Crippen LogP contribution in [0.2, 0.25) is 0 Å². The topological polar surface area (TPSA) is 29.3 Å². The van der Waals surface area contributed by atoms with Crippen molar-refractivity contribution >= 4 is 11.4 Å². The van der Waals surface area contributed by atoms with Crippen LogP contribution in [0.1, 0.15) is 25.8 Å². The predicted octanol–water partition coefficient (Wildman–Crippen LogP) is 3.06. The van der Waals surface area contributed by atoms with Crippen LogP contribution in [0.15, 0.2) is 18.2 Å². The lowest BCUT2D eigenvalue weighted by molar-refractivity contribution is 0.357. The smallest absolute Gasteiger partial charge is 0.0389 e. The van der Waals surface area contributed by atoms with Crippen molar-refractivity contribution < 1.29 is 0 Å². The fourth-order valence-electron chi connectivity index (χ4n) is 2.85. The van der Waals surface area contributed by atoms with Gasteiger partial charge in [0.25, 0.3) is 0 Å². The Kier molecular flexibility index (Phi) is 3.08. The summed E-state index contributed by atoms with van der Waals surface area (Å²) < 4.78 is 0. The van der Waals surface area contributed by atoms with Crippen LogP contribution in [-0.2, 0) is 0 Å². The first-order valence-electron chi connectivity index (χ1n) is 6.16. The molecule has 88 valence electrons. The van der Waals surface area contributed by atoms with Gasteiger partial charge in [-0.05, 0) is 48.9 Å². The maximum Gasteiger partial charge on any atom is 0.0389 e. The van der Waals surface area contributed by atoms with Crippen LogP contribution >= 0.6 is 0 Å². The molecular weight excluding hydrogens is 196 g/mol. The third-order valence-electron chi connectivity index (χ3n) is 3.32. The summed E-state index contributed by atoms with van der Waals surface area (Å²) in [6.45, 7) is 9.10. The number of rotatable bonds is 1. The number of benzene rings is 1. The van der Waals surface area contributed by atoms with Gasteiger partial charge in [0.15, 0.2) is 0 Å². The third-order valence-corrected chi connectivity index (χ3v) is 3.32. The highest BCUT2D eigenvalue weighted by atomic mass is 15.1. The molecule has 2 N–H and O–H groups in total. The molecule has 2 unspecified atom stereocenters. The van der Waals surface area contributed by atoms with E-state index in [1.807, 2.05) is 6.07 Å². The van der Waals surface area contributed by atoms with Crippen molar-refractivity contribution in [3.05, 3.63) is 23.8 Å². The van der Waals surface area contributed by atoms with Gasteiger partial charge in [0.05, 0.1) is 0 Å². The van der Waals surface area contributed by atoms with E-state index in [-0.39, 0.29) is 0 Å². The summed E-state index contributed by atoms with van der Waals surface area (Å²) in [6, 6.07) is 6.36. The molecule has 16 heavy (non-hydrogen) atoms. The predicted molar refractivity (Wildman–Crippen MR) is 70.7 cm³/mol. The van der Waals surface area contributed by atoms with Gasteiger partial charge in [0, 0.05) is 24.5 Å². The summed E-state index contributed by atoms with van der Waals surface area (Å²) in [4.78, 5) is 2.47. The van der Waals surface area contributed by atoms with Gasteiger partial charge >= 0.3 is 0 Å². The number of anilines is 2. The number of hydrogen-bond acceptors (Lipinski definition) is 2. The molecule has 2 atom stereocenters. The summed E-state index contributed by atoms with van der Waals surface area (Å²) >= 11 is 0. The van der Waals surface area contributed by atoms with Crippen LogP contribution in [0.3, 0.4) is 0 Å². The molecular formula is C14H22N2. The summed E-state index contributed by atoms with van der Waals surface area (Å²) in [7, 11) is 0. The zero-order valence-electron chi connectivity index (χ0n) is 10.5. The van der Waals surface area contributed by atoms with Crippen molar-refractivity contribution in [2.45, 2.75) is 27.2 Å². The molecule has 1 saturated heterocycles. The Balaban J connectivity index is 2.22. The van der Waals surface area contributed by atoms with Crippen molar-refractivity contribution in [3.8, 4) is 0 Å². The fraction of sp³-hybridized carbons (Fsp3) is 0.571. The molecule has 1 aliphatic heterocycles. The van der Waals surface area contributed by atoms with Gasteiger partial charge in [-0.25, -0.2) is 0 Å². The maximum absolute atomic E-state index is 5.91. The number of nitrogens with zero attached hydrogens (tertiary/aromatic N) is 1. The van der Waals surface area contributed by atoms with Gasteiger partial charge in [0.2, 0.25) is 0 Å². The first-order chi connectivity index (χ1) is 7.54. The molecule has 1 aromatic rings. The number of hydrogen-bond donors (Lipinski definition) is 1. The molecule has 0 spiro atoms. The second kappa shape index (κ2) is 4.36. The largest absolute Gasteiger partial charge is 0.399 e. The highest BCUT2D eigenvalue weighted by Crippen LogP contribution is 2.28. The van der Waals surface area contributed by atoms with E-state index >= 15 is 0 Å². The highest BCUT2D eigenvalue weighted by molar-refractivity contribution is 5.58. The molecule has 0 amide bonds. The molecule has 0 saturated carbocycles. The fourth-order valence-corrected chi connectivity index (χ4v) is 2.85. The van der Waals surface area contributed by atoms with Gasteiger partial charge < -0.3 is 10.6 Å². The quantitative estimate of drug-likeness (QED) is 0.734. The van der Waals surface area contributed by atoms with Crippen molar-refractivity contribution in [2.24, 2.45) is 11.8 Å². The van der Waals surface area contributed by atoms with Crippen molar-refractivity contribution in [2.75, 3.05) is 23.7 Å². The summed E-state index contributed by atoms with van der Waals surface area (Å²) in [5.74, 6) is 1.57. The summed E-state index contributed by atoms with van der Waals surface area (Å²) in [5, 5.41) is 0. The molecule has 0 aromatic heterocycles. The van der Waals surface area contributed by atoms with E-state index < -0.39 is 0 Å². The Hall–Kier alpha value is -1.18. The number of nitrogens with two attached hydrogens (primary N) is 1. The molecule has 2 heteroatoms. The lowest BCUT2D eigenvalue weighted by atomic mass is 9.91. The highest BCUT2D eigenvalue weighted by Gasteiger charge is 2.22. The Morgan fingerprint density at radius 2 is 1.75 bits per heavy atom. The second-order valence-corrected chi connectivity index (χ2v) is 5.45. The van der Waals surface area contributed by atoms with E-state index in [4.69, 9.17) is 5.73 Å². The van der Waals surface area contributed by atoms with E-state index in [2.05, 4.69) is 37.8 Å². The molecule has 1 aromatic carbocycles. The first kappa shape index (κ1) is 11.3.